The first-order chi connectivity index (χ1) is 14.0. The number of nitriles is 1. The lowest BCUT2D eigenvalue weighted by atomic mass is 9.93. The number of fused-ring (bicyclic) bond motifs is 3. The molecule has 3 amide bonds. The Balaban J connectivity index is 1.34. The van der Waals surface area contributed by atoms with E-state index >= 15 is 0 Å². The number of hydrogen-bond donors (Lipinski definition) is 2. The lowest BCUT2D eigenvalue weighted by Gasteiger charge is -2.38. The standard InChI is InChI=1S/C21H19N5O3/c1-12-3-2-4-14-18(12)21(5-6-21)26(20(28)25-14)10-17(27)24-15-11-29-16-7-13(8-22)9-23-19(15)16/h2-4,7,9,15H,5-6,10-11H2,1H3,(H,24,27)(H,25,28)/t15-/m0/s1. The van der Waals surface area contributed by atoms with Gasteiger partial charge in [0.05, 0.1) is 11.1 Å². The monoisotopic (exact) mass is 389 g/mol. The van der Waals surface area contributed by atoms with Gasteiger partial charge in [0.1, 0.15) is 36.7 Å². The van der Waals surface area contributed by atoms with Crippen molar-refractivity contribution in [1.29, 1.82) is 5.26 Å². The van der Waals surface area contributed by atoms with Gasteiger partial charge in [-0.2, -0.15) is 5.26 Å². The first kappa shape index (κ1) is 17.5. The number of nitrogens with zero attached hydrogens (tertiary/aromatic N) is 3. The Labute approximate surface area is 167 Å². The second-order valence-corrected chi connectivity index (χ2v) is 7.70. The highest BCUT2D eigenvalue weighted by atomic mass is 16.5. The van der Waals surface area contributed by atoms with Crippen LogP contribution in [0.25, 0.3) is 0 Å². The van der Waals surface area contributed by atoms with Gasteiger partial charge in [-0.05, 0) is 31.4 Å². The second-order valence-electron chi connectivity index (χ2n) is 7.70. The van der Waals surface area contributed by atoms with Crippen LogP contribution in [0.15, 0.2) is 30.5 Å². The largest absolute Gasteiger partial charge is 0.489 e. The number of carbonyl (C=O) groups is 2. The molecule has 3 heterocycles. The summed E-state index contributed by atoms with van der Waals surface area (Å²) >= 11 is 0. The number of urea groups is 1. The molecular weight excluding hydrogens is 370 g/mol. The molecule has 1 fully saturated rings. The Kier molecular flexibility index (Phi) is 3.74. The Bertz CT molecular complexity index is 1090. The summed E-state index contributed by atoms with van der Waals surface area (Å²) in [6, 6.07) is 8.85. The molecule has 0 bridgehead atoms. The summed E-state index contributed by atoms with van der Waals surface area (Å²) in [6.45, 7) is 2.24. The van der Waals surface area contributed by atoms with Crippen LogP contribution in [0, 0.1) is 18.3 Å². The molecule has 146 valence electrons. The fourth-order valence-corrected chi connectivity index (χ4v) is 4.40. The maximum atomic E-state index is 12.8. The van der Waals surface area contributed by atoms with Gasteiger partial charge < -0.3 is 20.3 Å². The predicted molar refractivity (Wildman–Crippen MR) is 103 cm³/mol. The molecule has 0 unspecified atom stereocenters. The summed E-state index contributed by atoms with van der Waals surface area (Å²) in [4.78, 5) is 31.4. The Morgan fingerprint density at radius 1 is 1.48 bits per heavy atom. The lowest BCUT2D eigenvalue weighted by Crippen LogP contribution is -2.52. The molecule has 0 saturated heterocycles. The van der Waals surface area contributed by atoms with E-state index in [9.17, 15) is 9.59 Å². The average Bonchev–Trinajstić information content (AvgIpc) is 3.39. The Morgan fingerprint density at radius 3 is 3.07 bits per heavy atom. The van der Waals surface area contributed by atoms with Crippen molar-refractivity contribution in [2.75, 3.05) is 18.5 Å². The summed E-state index contributed by atoms with van der Waals surface area (Å²) in [5.41, 5.74) is 3.66. The lowest BCUT2D eigenvalue weighted by molar-refractivity contribution is -0.123. The third kappa shape index (κ3) is 2.70. The Hall–Kier alpha value is -3.60. The summed E-state index contributed by atoms with van der Waals surface area (Å²) < 4.78 is 5.56. The predicted octanol–water partition coefficient (Wildman–Crippen LogP) is 2.35. The molecule has 0 radical (unpaired) electrons. The molecule has 5 rings (SSSR count). The zero-order valence-corrected chi connectivity index (χ0v) is 15.9. The van der Waals surface area contributed by atoms with Gasteiger partial charge in [-0.1, -0.05) is 12.1 Å². The summed E-state index contributed by atoms with van der Waals surface area (Å²) in [5, 5.41) is 14.8. The quantitative estimate of drug-likeness (QED) is 0.838. The molecule has 1 aliphatic carbocycles. The van der Waals surface area contributed by atoms with E-state index in [0.717, 1.165) is 29.7 Å². The zero-order chi connectivity index (χ0) is 20.2. The number of amides is 3. The smallest absolute Gasteiger partial charge is 0.323 e. The highest BCUT2D eigenvalue weighted by Crippen LogP contribution is 2.56. The molecule has 1 atom stereocenters. The minimum absolute atomic E-state index is 0.0400. The van der Waals surface area contributed by atoms with Crippen LogP contribution in [0.2, 0.25) is 0 Å². The molecule has 8 heteroatoms. The number of aromatic nitrogens is 1. The van der Waals surface area contributed by atoms with Crippen LogP contribution in [-0.4, -0.2) is 35.0 Å². The molecule has 1 spiro atoms. The highest BCUT2D eigenvalue weighted by Gasteiger charge is 2.56. The van der Waals surface area contributed by atoms with Crippen LogP contribution < -0.4 is 15.4 Å². The van der Waals surface area contributed by atoms with Gasteiger partial charge in [0.2, 0.25) is 5.91 Å². The van der Waals surface area contributed by atoms with Crippen LogP contribution in [0.4, 0.5) is 10.5 Å². The van der Waals surface area contributed by atoms with Crippen molar-refractivity contribution in [2.24, 2.45) is 0 Å². The first-order valence-corrected chi connectivity index (χ1v) is 9.53. The number of carbonyl (C=O) groups excluding carboxylic acids is 2. The normalized spacial score (nSPS) is 20.2. The molecule has 2 N–H and O–H groups in total. The molecular formula is C21H19N5O3. The number of ether oxygens (including phenoxy) is 1. The van der Waals surface area contributed by atoms with Gasteiger partial charge in [0.15, 0.2) is 0 Å². The number of aryl methyl sites for hydroxylation is 1. The topological polar surface area (TPSA) is 107 Å². The van der Waals surface area contributed by atoms with Crippen molar-refractivity contribution >= 4 is 17.6 Å². The van der Waals surface area contributed by atoms with Crippen molar-refractivity contribution in [3.63, 3.8) is 0 Å². The number of pyridine rings is 1. The van der Waals surface area contributed by atoms with Crippen LogP contribution >= 0.6 is 0 Å². The molecule has 1 saturated carbocycles. The molecule has 1 aromatic heterocycles. The molecule has 8 nitrogen and oxygen atoms in total. The highest BCUT2D eigenvalue weighted by molar-refractivity contribution is 5.97. The van der Waals surface area contributed by atoms with Gasteiger partial charge in [0, 0.05) is 23.5 Å². The minimum Gasteiger partial charge on any atom is -0.489 e. The van der Waals surface area contributed by atoms with E-state index in [1.54, 1.807) is 11.0 Å². The van der Waals surface area contributed by atoms with E-state index in [0.29, 0.717) is 17.0 Å². The molecule has 3 aliphatic rings. The summed E-state index contributed by atoms with van der Waals surface area (Å²) in [6.07, 6.45) is 3.16. The molecule has 2 aromatic rings. The number of hydrogen-bond acceptors (Lipinski definition) is 5. The minimum atomic E-state index is -0.401. The van der Waals surface area contributed by atoms with Crippen molar-refractivity contribution < 1.29 is 14.3 Å². The average molecular weight is 389 g/mol. The molecule has 2 aliphatic heterocycles. The van der Waals surface area contributed by atoms with Crippen molar-refractivity contribution in [2.45, 2.75) is 31.3 Å². The van der Waals surface area contributed by atoms with Crippen LogP contribution in [-0.2, 0) is 10.3 Å². The number of benzene rings is 1. The molecule has 1 aromatic carbocycles. The van der Waals surface area contributed by atoms with E-state index in [1.165, 1.54) is 6.20 Å². The van der Waals surface area contributed by atoms with Crippen LogP contribution in [0.1, 0.15) is 41.3 Å². The number of rotatable bonds is 3. The van der Waals surface area contributed by atoms with Gasteiger partial charge in [-0.25, -0.2) is 4.79 Å². The summed E-state index contributed by atoms with van der Waals surface area (Å²) in [7, 11) is 0. The van der Waals surface area contributed by atoms with E-state index in [-0.39, 0.29) is 25.1 Å². The van der Waals surface area contributed by atoms with Crippen molar-refractivity contribution in [3.8, 4) is 11.8 Å². The van der Waals surface area contributed by atoms with Gasteiger partial charge in [-0.3, -0.25) is 9.78 Å². The van der Waals surface area contributed by atoms with E-state index < -0.39 is 11.6 Å². The van der Waals surface area contributed by atoms with E-state index in [2.05, 4.69) is 15.6 Å². The van der Waals surface area contributed by atoms with Gasteiger partial charge >= 0.3 is 6.03 Å². The maximum Gasteiger partial charge on any atom is 0.323 e. The summed E-state index contributed by atoms with van der Waals surface area (Å²) in [5.74, 6) is 0.240. The number of anilines is 1. The van der Waals surface area contributed by atoms with Gasteiger partial charge in [0.25, 0.3) is 0 Å². The Morgan fingerprint density at radius 2 is 2.31 bits per heavy atom. The van der Waals surface area contributed by atoms with Crippen LogP contribution in [0.3, 0.4) is 0 Å². The van der Waals surface area contributed by atoms with Crippen LogP contribution in [0.5, 0.6) is 5.75 Å². The van der Waals surface area contributed by atoms with E-state index in [1.807, 2.05) is 31.2 Å². The maximum absolute atomic E-state index is 12.8. The first-order valence-electron chi connectivity index (χ1n) is 9.53. The van der Waals surface area contributed by atoms with E-state index in [4.69, 9.17) is 10.00 Å². The molecule has 29 heavy (non-hydrogen) atoms. The van der Waals surface area contributed by atoms with Crippen molar-refractivity contribution in [3.05, 3.63) is 52.8 Å². The zero-order valence-electron chi connectivity index (χ0n) is 15.9. The number of nitrogens with one attached hydrogen (secondary N) is 2. The fraction of sp³-hybridized carbons (Fsp3) is 0.333. The van der Waals surface area contributed by atoms with Crippen molar-refractivity contribution in [1.82, 2.24) is 15.2 Å². The third-order valence-corrected chi connectivity index (χ3v) is 5.85. The SMILES string of the molecule is Cc1cccc2c1C1(CC1)N(CC(=O)N[C@H]1COc3cc(C#N)cnc31)C(=O)N2. The second kappa shape index (κ2) is 6.21. The fourth-order valence-electron chi connectivity index (χ4n) is 4.40. The van der Waals surface area contributed by atoms with Gasteiger partial charge in [-0.15, -0.1) is 0 Å². The third-order valence-electron chi connectivity index (χ3n) is 5.85.